The summed E-state index contributed by atoms with van der Waals surface area (Å²) in [6.45, 7) is 10.1. The lowest BCUT2D eigenvalue weighted by Gasteiger charge is -2.28. The maximum Gasteiger partial charge on any atom is 0.500 e. The first-order chi connectivity index (χ1) is 16.9. The molecule has 0 amide bonds. The number of ether oxygens (including phenoxy) is 3. The van der Waals surface area contributed by atoms with Crippen LogP contribution in [-0.2, 0) is 27.6 Å². The van der Waals surface area contributed by atoms with Gasteiger partial charge in [-0.05, 0) is 63.8 Å². The smallest absolute Gasteiger partial charge is 0.490 e. The highest BCUT2D eigenvalue weighted by Gasteiger charge is 2.39. The van der Waals surface area contributed by atoms with Gasteiger partial charge in [-0.2, -0.15) is 0 Å². The quantitative estimate of drug-likeness (QED) is 0.0785. The fourth-order valence-corrected chi connectivity index (χ4v) is 6.03. The molecule has 0 aliphatic heterocycles. The van der Waals surface area contributed by atoms with Crippen molar-refractivity contribution in [1.82, 2.24) is 0 Å². The third-order valence-electron chi connectivity index (χ3n) is 5.02. The summed E-state index contributed by atoms with van der Waals surface area (Å²) in [5.41, 5.74) is 0.743. The molecule has 0 radical (unpaired) electrons. The zero-order valence-corrected chi connectivity index (χ0v) is 22.9. The Morgan fingerprint density at radius 3 is 2.17 bits per heavy atom. The van der Waals surface area contributed by atoms with E-state index < -0.39 is 14.8 Å². The lowest BCUT2D eigenvalue weighted by Crippen LogP contribution is -2.45. The van der Waals surface area contributed by atoms with Gasteiger partial charge >= 0.3 is 20.7 Å². The Hall–Kier alpha value is -2.20. The summed E-state index contributed by atoms with van der Waals surface area (Å²) in [4.78, 5) is 23.8. The van der Waals surface area contributed by atoms with Gasteiger partial charge in [-0.25, -0.2) is 4.79 Å². The Morgan fingerprint density at radius 1 is 0.886 bits per heavy atom. The standard InChI is InChI=1S/C26H42O8Si/c1-6-10-19-30-24-21-22(16-18-25(27)29-5)15-17-23(24)34-26(28)14-12-11-13-20-35(31-7-2,32-8-3)33-9-4/h15-18,21H,6-14,19-20H2,1-5H3/b18-16+. The van der Waals surface area contributed by atoms with Crippen molar-refractivity contribution >= 4 is 26.8 Å². The number of hydrogen-bond donors (Lipinski definition) is 0. The van der Waals surface area contributed by atoms with Gasteiger partial charge < -0.3 is 27.5 Å². The van der Waals surface area contributed by atoms with Crippen molar-refractivity contribution in [3.63, 3.8) is 0 Å². The van der Waals surface area contributed by atoms with Crippen LogP contribution < -0.4 is 9.47 Å². The van der Waals surface area contributed by atoms with E-state index in [4.69, 9.17) is 22.8 Å². The SMILES string of the molecule is CCCCOc1cc(/C=C/C(=O)OC)ccc1OC(=O)CCCCC[Si](OCC)(OCC)OCC. The molecule has 0 heterocycles. The monoisotopic (exact) mass is 510 g/mol. The second kappa shape index (κ2) is 18.1. The van der Waals surface area contributed by atoms with E-state index >= 15 is 0 Å². The fourth-order valence-electron chi connectivity index (χ4n) is 3.35. The third-order valence-corrected chi connectivity index (χ3v) is 8.17. The van der Waals surface area contributed by atoms with Crippen LogP contribution in [0.5, 0.6) is 11.5 Å². The van der Waals surface area contributed by atoms with Gasteiger partial charge in [-0.15, -0.1) is 0 Å². The Morgan fingerprint density at radius 2 is 1.57 bits per heavy atom. The lowest BCUT2D eigenvalue weighted by atomic mass is 10.2. The van der Waals surface area contributed by atoms with Crippen molar-refractivity contribution in [3.8, 4) is 11.5 Å². The normalized spacial score (nSPS) is 11.6. The highest BCUT2D eigenvalue weighted by Crippen LogP contribution is 2.30. The fraction of sp³-hybridized carbons (Fsp3) is 0.615. The number of rotatable bonds is 19. The van der Waals surface area contributed by atoms with Crippen LogP contribution in [0.25, 0.3) is 6.08 Å². The van der Waals surface area contributed by atoms with Crippen molar-refractivity contribution in [2.45, 2.75) is 72.3 Å². The van der Waals surface area contributed by atoms with E-state index in [1.54, 1.807) is 24.3 Å². The number of carbonyl (C=O) groups is 2. The average molecular weight is 511 g/mol. The van der Waals surface area contributed by atoms with Crippen LogP contribution in [0.1, 0.15) is 71.8 Å². The zero-order valence-electron chi connectivity index (χ0n) is 21.9. The van der Waals surface area contributed by atoms with Crippen LogP contribution in [0.4, 0.5) is 0 Å². The number of esters is 2. The predicted octanol–water partition coefficient (Wildman–Crippen LogP) is 5.57. The molecule has 0 spiro atoms. The molecule has 8 nitrogen and oxygen atoms in total. The van der Waals surface area contributed by atoms with Crippen LogP contribution in [0.3, 0.4) is 0 Å². The summed E-state index contributed by atoms with van der Waals surface area (Å²) in [6.07, 6.45) is 7.50. The van der Waals surface area contributed by atoms with Gasteiger partial charge in [-0.3, -0.25) is 4.79 Å². The van der Waals surface area contributed by atoms with E-state index in [0.717, 1.165) is 37.3 Å². The molecule has 0 N–H and O–H groups in total. The highest BCUT2D eigenvalue weighted by atomic mass is 28.4. The second-order valence-electron chi connectivity index (χ2n) is 7.78. The number of carbonyl (C=O) groups excluding carboxylic acids is 2. The Bertz CT molecular complexity index is 764. The van der Waals surface area contributed by atoms with Gasteiger partial charge in [0.15, 0.2) is 11.5 Å². The van der Waals surface area contributed by atoms with Crippen LogP contribution >= 0.6 is 0 Å². The molecular formula is C26H42O8Si. The minimum Gasteiger partial charge on any atom is -0.490 e. The van der Waals surface area contributed by atoms with Crippen LogP contribution in [0, 0.1) is 0 Å². The van der Waals surface area contributed by atoms with Crippen molar-refractivity contribution in [1.29, 1.82) is 0 Å². The summed E-state index contributed by atoms with van der Waals surface area (Å²) >= 11 is 0. The first kappa shape index (κ1) is 30.8. The Labute approximate surface area is 211 Å². The van der Waals surface area contributed by atoms with Crippen LogP contribution in [0.2, 0.25) is 6.04 Å². The van der Waals surface area contributed by atoms with Gasteiger partial charge in [0, 0.05) is 38.4 Å². The first-order valence-electron chi connectivity index (χ1n) is 12.6. The molecule has 1 aromatic rings. The van der Waals surface area contributed by atoms with E-state index in [1.807, 2.05) is 20.8 Å². The number of methoxy groups -OCH3 is 1. The van der Waals surface area contributed by atoms with E-state index in [-0.39, 0.29) is 5.97 Å². The highest BCUT2D eigenvalue weighted by molar-refractivity contribution is 6.60. The zero-order chi connectivity index (χ0) is 25.9. The maximum absolute atomic E-state index is 12.5. The largest absolute Gasteiger partial charge is 0.500 e. The van der Waals surface area contributed by atoms with Crippen LogP contribution in [0.15, 0.2) is 24.3 Å². The molecule has 198 valence electrons. The molecule has 0 fully saturated rings. The van der Waals surface area contributed by atoms with Crippen LogP contribution in [-0.4, -0.2) is 54.3 Å². The summed E-state index contributed by atoms with van der Waals surface area (Å²) in [7, 11) is -1.32. The predicted molar refractivity (Wildman–Crippen MR) is 137 cm³/mol. The molecule has 0 aliphatic carbocycles. The molecule has 0 unspecified atom stereocenters. The Kier molecular flexibility index (Phi) is 16.0. The molecule has 1 aromatic carbocycles. The van der Waals surface area contributed by atoms with E-state index in [0.29, 0.717) is 50.8 Å². The molecule has 0 aliphatic rings. The molecule has 0 saturated heterocycles. The summed E-state index contributed by atoms with van der Waals surface area (Å²) in [5, 5.41) is 0. The molecule has 1 rings (SSSR count). The van der Waals surface area contributed by atoms with E-state index in [2.05, 4.69) is 11.7 Å². The maximum atomic E-state index is 12.5. The molecule has 0 bridgehead atoms. The average Bonchev–Trinajstić information content (AvgIpc) is 2.84. The third kappa shape index (κ3) is 12.4. The molecule has 0 aromatic heterocycles. The second-order valence-corrected chi connectivity index (χ2v) is 10.5. The topological polar surface area (TPSA) is 89.5 Å². The van der Waals surface area contributed by atoms with Gasteiger partial charge in [-0.1, -0.05) is 25.8 Å². The van der Waals surface area contributed by atoms with Crippen molar-refractivity contribution in [2.75, 3.05) is 33.5 Å². The van der Waals surface area contributed by atoms with Gasteiger partial charge in [0.2, 0.25) is 0 Å². The minimum atomic E-state index is -2.65. The van der Waals surface area contributed by atoms with E-state index in [1.165, 1.54) is 13.2 Å². The molecule has 0 atom stereocenters. The number of unbranched alkanes of at least 4 members (excludes halogenated alkanes) is 3. The first-order valence-corrected chi connectivity index (χ1v) is 14.5. The summed E-state index contributed by atoms with van der Waals surface area (Å²) < 4.78 is 33.7. The number of benzene rings is 1. The molecule has 0 saturated carbocycles. The van der Waals surface area contributed by atoms with Gasteiger partial charge in [0.1, 0.15) is 0 Å². The van der Waals surface area contributed by atoms with Crippen molar-refractivity contribution in [3.05, 3.63) is 29.8 Å². The minimum absolute atomic E-state index is 0.296. The van der Waals surface area contributed by atoms with Gasteiger partial charge in [0.25, 0.3) is 0 Å². The number of hydrogen-bond acceptors (Lipinski definition) is 8. The molecular weight excluding hydrogens is 468 g/mol. The van der Waals surface area contributed by atoms with Crippen molar-refractivity contribution < 1.29 is 37.1 Å². The molecule has 35 heavy (non-hydrogen) atoms. The van der Waals surface area contributed by atoms with E-state index in [9.17, 15) is 9.59 Å². The lowest BCUT2D eigenvalue weighted by molar-refractivity contribution is -0.135. The Balaban J connectivity index is 2.65. The molecule has 9 heteroatoms. The summed E-state index contributed by atoms with van der Waals surface area (Å²) in [6, 6.07) is 5.92. The van der Waals surface area contributed by atoms with Crippen molar-refractivity contribution in [2.24, 2.45) is 0 Å². The summed E-state index contributed by atoms with van der Waals surface area (Å²) in [5.74, 6) is 0.0836. The van der Waals surface area contributed by atoms with Gasteiger partial charge in [0.05, 0.1) is 13.7 Å².